The summed E-state index contributed by atoms with van der Waals surface area (Å²) in [5, 5.41) is 3.35. The SMILES string of the molecule is CCNC(=O)[C@@H](CC)N(Cc1ccc(Cl)cc1)C(=O)CN(c1ccc(CC)cc1)S(=O)(=O)c1ccccc1. The summed E-state index contributed by atoms with van der Waals surface area (Å²) in [6.07, 6.45) is 1.16. The second-order valence-electron chi connectivity index (χ2n) is 8.81. The van der Waals surface area contributed by atoms with Crippen LogP contribution in [0.2, 0.25) is 5.02 Å². The molecule has 9 heteroatoms. The van der Waals surface area contributed by atoms with E-state index in [0.717, 1.165) is 21.9 Å². The van der Waals surface area contributed by atoms with E-state index in [2.05, 4.69) is 5.32 Å². The predicted molar refractivity (Wildman–Crippen MR) is 152 cm³/mol. The van der Waals surface area contributed by atoms with Gasteiger partial charge in [-0.25, -0.2) is 8.42 Å². The van der Waals surface area contributed by atoms with Crippen molar-refractivity contribution in [1.82, 2.24) is 10.2 Å². The van der Waals surface area contributed by atoms with Gasteiger partial charge in [-0.05, 0) is 67.3 Å². The Morgan fingerprint density at radius 1 is 0.868 bits per heavy atom. The summed E-state index contributed by atoms with van der Waals surface area (Å²) in [5.41, 5.74) is 2.19. The van der Waals surface area contributed by atoms with Crippen LogP contribution in [0.1, 0.15) is 38.3 Å². The van der Waals surface area contributed by atoms with E-state index in [1.54, 1.807) is 54.6 Å². The number of carbonyl (C=O) groups excluding carboxylic acids is 2. The molecule has 0 heterocycles. The Morgan fingerprint density at radius 2 is 1.47 bits per heavy atom. The van der Waals surface area contributed by atoms with Crippen molar-refractivity contribution < 1.29 is 18.0 Å². The maximum absolute atomic E-state index is 13.9. The molecule has 2 amide bonds. The van der Waals surface area contributed by atoms with Crippen LogP contribution in [0.15, 0.2) is 83.8 Å². The standard InChI is InChI=1S/C29H34ClN3O4S/c1-4-22-14-18-25(19-15-22)33(38(36,37)26-10-8-7-9-11-26)21-28(34)32(27(5-2)29(35)31-6-3)20-23-12-16-24(30)17-13-23/h7-19,27H,4-6,20-21H2,1-3H3,(H,31,35)/t27-/m1/s1. The molecule has 0 aliphatic rings. The lowest BCUT2D eigenvalue weighted by Gasteiger charge is -2.33. The number of carbonyl (C=O) groups is 2. The predicted octanol–water partition coefficient (Wildman–Crippen LogP) is 5.04. The van der Waals surface area contributed by atoms with Gasteiger partial charge < -0.3 is 10.2 Å². The van der Waals surface area contributed by atoms with Crippen molar-refractivity contribution in [2.45, 2.75) is 51.1 Å². The van der Waals surface area contributed by atoms with Crippen LogP contribution >= 0.6 is 11.6 Å². The van der Waals surface area contributed by atoms with Gasteiger partial charge in [0.25, 0.3) is 10.0 Å². The molecule has 3 rings (SSSR count). The Kier molecular flexibility index (Phi) is 10.3. The van der Waals surface area contributed by atoms with Crippen molar-refractivity contribution in [3.63, 3.8) is 0 Å². The summed E-state index contributed by atoms with van der Waals surface area (Å²) in [4.78, 5) is 28.4. The van der Waals surface area contributed by atoms with Gasteiger partial charge in [-0.1, -0.05) is 67.9 Å². The number of amides is 2. The molecule has 3 aromatic carbocycles. The van der Waals surface area contributed by atoms with E-state index in [1.807, 2.05) is 32.9 Å². The number of nitrogens with one attached hydrogen (secondary N) is 1. The van der Waals surface area contributed by atoms with Crippen LogP contribution in [0.3, 0.4) is 0 Å². The fourth-order valence-electron chi connectivity index (χ4n) is 4.14. The summed E-state index contributed by atoms with van der Waals surface area (Å²) < 4.78 is 28.7. The maximum Gasteiger partial charge on any atom is 0.264 e. The summed E-state index contributed by atoms with van der Waals surface area (Å²) in [6, 6.07) is 21.4. The lowest BCUT2D eigenvalue weighted by Crippen LogP contribution is -2.52. The molecule has 3 aromatic rings. The molecule has 0 saturated heterocycles. The second kappa shape index (κ2) is 13.4. The number of benzene rings is 3. The van der Waals surface area contributed by atoms with Crippen LogP contribution < -0.4 is 9.62 Å². The molecule has 0 fully saturated rings. The highest BCUT2D eigenvalue weighted by Crippen LogP contribution is 2.25. The minimum absolute atomic E-state index is 0.0763. The number of anilines is 1. The minimum atomic E-state index is -4.08. The molecule has 1 N–H and O–H groups in total. The van der Waals surface area contributed by atoms with Crippen molar-refractivity contribution in [3.8, 4) is 0 Å². The van der Waals surface area contributed by atoms with Gasteiger partial charge in [-0.3, -0.25) is 13.9 Å². The van der Waals surface area contributed by atoms with Crippen molar-refractivity contribution >= 4 is 39.1 Å². The number of hydrogen-bond acceptors (Lipinski definition) is 4. The van der Waals surface area contributed by atoms with Gasteiger partial charge in [0.2, 0.25) is 11.8 Å². The first-order valence-corrected chi connectivity index (χ1v) is 14.5. The topological polar surface area (TPSA) is 86.8 Å². The fourth-order valence-corrected chi connectivity index (χ4v) is 5.71. The highest BCUT2D eigenvalue weighted by molar-refractivity contribution is 7.92. The third kappa shape index (κ3) is 7.14. The second-order valence-corrected chi connectivity index (χ2v) is 11.1. The zero-order valence-electron chi connectivity index (χ0n) is 21.9. The summed E-state index contributed by atoms with van der Waals surface area (Å²) in [5.74, 6) is -0.779. The van der Waals surface area contributed by atoms with Gasteiger partial charge >= 0.3 is 0 Å². The van der Waals surface area contributed by atoms with Crippen molar-refractivity contribution in [2.24, 2.45) is 0 Å². The van der Waals surface area contributed by atoms with Gasteiger partial charge in [0, 0.05) is 18.1 Å². The molecule has 1 atom stereocenters. The summed E-state index contributed by atoms with van der Waals surface area (Å²) >= 11 is 6.04. The largest absolute Gasteiger partial charge is 0.355 e. The molecule has 7 nitrogen and oxygen atoms in total. The highest BCUT2D eigenvalue weighted by Gasteiger charge is 2.33. The lowest BCUT2D eigenvalue weighted by molar-refractivity contribution is -0.140. The quantitative estimate of drug-likeness (QED) is 0.339. The normalized spacial score (nSPS) is 12.0. The number of aryl methyl sites for hydroxylation is 1. The maximum atomic E-state index is 13.9. The molecule has 0 spiro atoms. The van der Waals surface area contributed by atoms with Gasteiger partial charge in [-0.15, -0.1) is 0 Å². The van der Waals surface area contributed by atoms with E-state index < -0.39 is 28.5 Å². The highest BCUT2D eigenvalue weighted by atomic mass is 35.5. The van der Waals surface area contributed by atoms with Gasteiger partial charge in [0.15, 0.2) is 0 Å². The lowest BCUT2D eigenvalue weighted by atomic mass is 10.1. The smallest absolute Gasteiger partial charge is 0.264 e. The van der Waals surface area contributed by atoms with Gasteiger partial charge in [0.05, 0.1) is 10.6 Å². The first-order chi connectivity index (χ1) is 18.2. The number of rotatable bonds is 12. The molecular weight excluding hydrogens is 522 g/mol. The van der Waals surface area contributed by atoms with E-state index in [-0.39, 0.29) is 17.3 Å². The van der Waals surface area contributed by atoms with Crippen LogP contribution in [0.4, 0.5) is 5.69 Å². The summed E-state index contributed by atoms with van der Waals surface area (Å²) in [7, 11) is -4.08. The molecule has 0 aliphatic heterocycles. The van der Waals surface area contributed by atoms with E-state index in [4.69, 9.17) is 11.6 Å². The minimum Gasteiger partial charge on any atom is -0.355 e. The average Bonchev–Trinajstić information content (AvgIpc) is 2.93. The molecule has 0 aliphatic carbocycles. The zero-order valence-corrected chi connectivity index (χ0v) is 23.5. The number of sulfonamides is 1. The summed E-state index contributed by atoms with van der Waals surface area (Å²) in [6.45, 7) is 5.72. The first-order valence-electron chi connectivity index (χ1n) is 12.7. The Morgan fingerprint density at radius 3 is 2.03 bits per heavy atom. The van der Waals surface area contributed by atoms with Crippen LogP contribution in [0.5, 0.6) is 0 Å². The van der Waals surface area contributed by atoms with E-state index in [1.165, 1.54) is 17.0 Å². The molecule has 0 bridgehead atoms. The van der Waals surface area contributed by atoms with Crippen molar-refractivity contribution in [1.29, 1.82) is 0 Å². The molecule has 0 aromatic heterocycles. The average molecular weight is 556 g/mol. The van der Waals surface area contributed by atoms with Crippen LogP contribution in [-0.2, 0) is 32.6 Å². The van der Waals surface area contributed by atoms with Crippen molar-refractivity contribution in [2.75, 3.05) is 17.4 Å². The third-order valence-corrected chi connectivity index (χ3v) is 8.29. The molecular formula is C29H34ClN3O4S. The van der Waals surface area contributed by atoms with E-state index in [0.29, 0.717) is 23.7 Å². The zero-order chi connectivity index (χ0) is 27.7. The molecule has 202 valence electrons. The van der Waals surface area contributed by atoms with Crippen LogP contribution in [0, 0.1) is 0 Å². The first kappa shape index (κ1) is 29.2. The number of nitrogens with zero attached hydrogens (tertiary/aromatic N) is 2. The Bertz CT molecular complexity index is 1310. The number of likely N-dealkylation sites (N-methyl/N-ethyl adjacent to an activating group) is 1. The van der Waals surface area contributed by atoms with E-state index >= 15 is 0 Å². The molecule has 38 heavy (non-hydrogen) atoms. The molecule has 0 saturated carbocycles. The third-order valence-electron chi connectivity index (χ3n) is 6.25. The Balaban J connectivity index is 2.04. The van der Waals surface area contributed by atoms with Gasteiger partial charge in [0.1, 0.15) is 12.6 Å². The van der Waals surface area contributed by atoms with Crippen LogP contribution in [-0.4, -0.2) is 44.3 Å². The van der Waals surface area contributed by atoms with E-state index in [9.17, 15) is 18.0 Å². The molecule has 0 unspecified atom stereocenters. The molecule has 0 radical (unpaired) electrons. The number of hydrogen-bond donors (Lipinski definition) is 1. The fraction of sp³-hybridized carbons (Fsp3) is 0.310. The number of halogens is 1. The Hall–Kier alpha value is -3.36. The monoisotopic (exact) mass is 555 g/mol. The van der Waals surface area contributed by atoms with Gasteiger partial charge in [-0.2, -0.15) is 0 Å². The Labute approximate surface area is 230 Å². The van der Waals surface area contributed by atoms with Crippen molar-refractivity contribution in [3.05, 3.63) is 95.0 Å². The van der Waals surface area contributed by atoms with Crippen LogP contribution in [0.25, 0.3) is 0 Å².